The van der Waals surface area contributed by atoms with E-state index in [4.69, 9.17) is 0 Å². The Labute approximate surface area is 161 Å². The van der Waals surface area contributed by atoms with E-state index in [1.54, 1.807) is 35.2 Å². The number of likely N-dealkylation sites (tertiary alicyclic amines) is 1. The summed E-state index contributed by atoms with van der Waals surface area (Å²) in [4.78, 5) is 31.6. The Morgan fingerprint density at radius 3 is 2.71 bits per heavy atom. The molecule has 9 heteroatoms. The van der Waals surface area contributed by atoms with Gasteiger partial charge in [-0.15, -0.1) is 10.2 Å². The fourth-order valence-corrected chi connectivity index (χ4v) is 3.32. The zero-order chi connectivity index (χ0) is 19.5. The molecule has 1 atom stereocenters. The van der Waals surface area contributed by atoms with Gasteiger partial charge in [-0.1, -0.05) is 18.2 Å². The Kier molecular flexibility index (Phi) is 4.79. The minimum absolute atomic E-state index is 0.172. The number of benzene rings is 1. The van der Waals surface area contributed by atoms with Crippen LogP contribution in [-0.2, 0) is 4.79 Å². The van der Waals surface area contributed by atoms with Crippen LogP contribution in [0.3, 0.4) is 0 Å². The first kappa shape index (κ1) is 17.8. The van der Waals surface area contributed by atoms with Crippen LogP contribution in [0.15, 0.2) is 42.5 Å². The van der Waals surface area contributed by atoms with E-state index in [-0.39, 0.29) is 11.8 Å². The zero-order valence-corrected chi connectivity index (χ0v) is 15.3. The molecule has 0 radical (unpaired) electrons. The molecule has 3 heterocycles. The number of H-pyrrole nitrogens is 1. The van der Waals surface area contributed by atoms with Crippen LogP contribution in [0, 0.1) is 6.92 Å². The van der Waals surface area contributed by atoms with Gasteiger partial charge in [0.25, 0.3) is 5.91 Å². The van der Waals surface area contributed by atoms with E-state index in [1.165, 1.54) is 0 Å². The van der Waals surface area contributed by atoms with Crippen LogP contribution in [0.25, 0.3) is 11.4 Å². The second-order valence-corrected chi connectivity index (χ2v) is 6.62. The van der Waals surface area contributed by atoms with E-state index in [1.807, 2.05) is 19.1 Å². The maximum absolute atomic E-state index is 12.9. The van der Waals surface area contributed by atoms with Crippen LogP contribution < -0.4 is 5.32 Å². The third-order valence-electron chi connectivity index (χ3n) is 4.69. The van der Waals surface area contributed by atoms with Gasteiger partial charge in [-0.05, 0) is 49.2 Å². The SMILES string of the molecule is Cc1cccc(NC(=O)[C@@H]2CCCN2C(=O)c2ccc(-c3nn[nH]n3)cc2)n1. The fraction of sp³-hybridized carbons (Fsp3) is 0.263. The number of anilines is 1. The van der Waals surface area contributed by atoms with Crippen LogP contribution in [0.2, 0.25) is 0 Å². The molecule has 0 spiro atoms. The smallest absolute Gasteiger partial charge is 0.254 e. The predicted octanol–water partition coefficient (Wildman–Crippen LogP) is 1.81. The Bertz CT molecular complexity index is 986. The maximum Gasteiger partial charge on any atom is 0.254 e. The molecule has 142 valence electrons. The van der Waals surface area contributed by atoms with Crippen LogP contribution in [0.4, 0.5) is 5.82 Å². The summed E-state index contributed by atoms with van der Waals surface area (Å²) in [5.74, 6) is 0.568. The number of rotatable bonds is 4. The summed E-state index contributed by atoms with van der Waals surface area (Å²) >= 11 is 0. The molecule has 1 fully saturated rings. The Balaban J connectivity index is 1.48. The molecule has 9 nitrogen and oxygen atoms in total. The van der Waals surface area contributed by atoms with E-state index in [9.17, 15) is 9.59 Å². The molecule has 2 N–H and O–H groups in total. The van der Waals surface area contributed by atoms with Gasteiger partial charge in [-0.25, -0.2) is 4.98 Å². The lowest BCUT2D eigenvalue weighted by Gasteiger charge is -2.24. The number of tetrazole rings is 1. The summed E-state index contributed by atoms with van der Waals surface area (Å²) in [5, 5.41) is 16.6. The zero-order valence-electron chi connectivity index (χ0n) is 15.3. The summed E-state index contributed by atoms with van der Waals surface area (Å²) < 4.78 is 0. The number of aryl methyl sites for hydroxylation is 1. The summed E-state index contributed by atoms with van der Waals surface area (Å²) in [6.07, 6.45) is 1.41. The van der Waals surface area contributed by atoms with Gasteiger partial charge in [0, 0.05) is 23.4 Å². The lowest BCUT2D eigenvalue weighted by molar-refractivity contribution is -0.119. The monoisotopic (exact) mass is 377 g/mol. The quantitative estimate of drug-likeness (QED) is 0.716. The molecule has 3 aromatic rings. The largest absolute Gasteiger partial charge is 0.327 e. The highest BCUT2D eigenvalue weighted by atomic mass is 16.2. The minimum atomic E-state index is -0.508. The maximum atomic E-state index is 12.9. The number of carbonyl (C=O) groups excluding carboxylic acids is 2. The highest BCUT2D eigenvalue weighted by Crippen LogP contribution is 2.23. The molecule has 0 bridgehead atoms. The first-order valence-corrected chi connectivity index (χ1v) is 9.01. The number of carbonyl (C=O) groups is 2. The van der Waals surface area contributed by atoms with E-state index in [2.05, 4.69) is 30.9 Å². The standard InChI is InChI=1S/C19H19N7O2/c1-12-4-2-6-16(20-12)21-18(27)15-5-3-11-26(15)19(28)14-9-7-13(8-10-14)17-22-24-25-23-17/h2,4,6-10,15H,3,5,11H2,1H3,(H,20,21,27)(H,22,23,24,25)/t15-/m0/s1. The number of hydrogen-bond donors (Lipinski definition) is 2. The molecule has 28 heavy (non-hydrogen) atoms. The normalized spacial score (nSPS) is 16.2. The van der Waals surface area contributed by atoms with Crippen LogP contribution in [0.1, 0.15) is 28.9 Å². The second kappa shape index (κ2) is 7.55. The topological polar surface area (TPSA) is 117 Å². The number of nitrogens with one attached hydrogen (secondary N) is 2. The lowest BCUT2D eigenvalue weighted by atomic mass is 10.1. The molecule has 2 amide bonds. The van der Waals surface area contributed by atoms with Gasteiger partial charge >= 0.3 is 0 Å². The van der Waals surface area contributed by atoms with Gasteiger partial charge in [0.05, 0.1) is 0 Å². The molecule has 0 aliphatic carbocycles. The van der Waals surface area contributed by atoms with Crippen molar-refractivity contribution in [1.82, 2.24) is 30.5 Å². The summed E-state index contributed by atoms with van der Waals surface area (Å²) in [7, 11) is 0. The fourth-order valence-electron chi connectivity index (χ4n) is 3.32. The number of hydrogen-bond acceptors (Lipinski definition) is 6. The van der Waals surface area contributed by atoms with Crippen molar-refractivity contribution in [2.24, 2.45) is 0 Å². The average molecular weight is 377 g/mol. The number of pyridine rings is 1. The molecule has 0 saturated carbocycles. The lowest BCUT2D eigenvalue weighted by Crippen LogP contribution is -2.43. The molecule has 1 aliphatic rings. The number of aromatic nitrogens is 5. The van der Waals surface area contributed by atoms with Crippen LogP contribution >= 0.6 is 0 Å². The van der Waals surface area contributed by atoms with Gasteiger partial charge in [-0.3, -0.25) is 9.59 Å². The Morgan fingerprint density at radius 1 is 1.18 bits per heavy atom. The second-order valence-electron chi connectivity index (χ2n) is 6.62. The molecular formula is C19H19N7O2. The average Bonchev–Trinajstić information content (AvgIpc) is 3.40. The van der Waals surface area contributed by atoms with Crippen molar-refractivity contribution >= 4 is 17.6 Å². The van der Waals surface area contributed by atoms with Crippen LogP contribution in [0.5, 0.6) is 0 Å². The first-order valence-electron chi connectivity index (χ1n) is 9.01. The number of amides is 2. The third kappa shape index (κ3) is 3.59. The molecule has 0 unspecified atom stereocenters. The summed E-state index contributed by atoms with van der Waals surface area (Å²) in [5.41, 5.74) is 2.09. The van der Waals surface area contributed by atoms with Crippen molar-refractivity contribution in [1.29, 1.82) is 0 Å². The van der Waals surface area contributed by atoms with E-state index in [0.29, 0.717) is 30.2 Å². The van der Waals surface area contributed by atoms with E-state index < -0.39 is 6.04 Å². The molecule has 1 aliphatic heterocycles. The van der Waals surface area contributed by atoms with Crippen molar-refractivity contribution in [2.75, 3.05) is 11.9 Å². The van der Waals surface area contributed by atoms with E-state index >= 15 is 0 Å². The molecule has 4 rings (SSSR count). The van der Waals surface area contributed by atoms with Gasteiger partial charge < -0.3 is 10.2 Å². The molecule has 1 saturated heterocycles. The summed E-state index contributed by atoms with van der Waals surface area (Å²) in [6.45, 7) is 2.41. The predicted molar refractivity (Wildman–Crippen MR) is 101 cm³/mol. The van der Waals surface area contributed by atoms with Crippen molar-refractivity contribution in [3.63, 3.8) is 0 Å². The number of nitrogens with zero attached hydrogens (tertiary/aromatic N) is 5. The van der Waals surface area contributed by atoms with Gasteiger partial charge in [0.1, 0.15) is 11.9 Å². The van der Waals surface area contributed by atoms with Gasteiger partial charge in [0.15, 0.2) is 0 Å². The third-order valence-corrected chi connectivity index (χ3v) is 4.69. The highest BCUT2D eigenvalue weighted by molar-refractivity contribution is 6.01. The van der Waals surface area contributed by atoms with Crippen molar-refractivity contribution < 1.29 is 9.59 Å². The Hall–Kier alpha value is -3.62. The van der Waals surface area contributed by atoms with Gasteiger partial charge in [-0.2, -0.15) is 5.21 Å². The van der Waals surface area contributed by atoms with E-state index in [0.717, 1.165) is 17.7 Å². The van der Waals surface area contributed by atoms with Crippen molar-refractivity contribution in [3.8, 4) is 11.4 Å². The highest BCUT2D eigenvalue weighted by Gasteiger charge is 2.34. The van der Waals surface area contributed by atoms with Crippen molar-refractivity contribution in [2.45, 2.75) is 25.8 Å². The van der Waals surface area contributed by atoms with Crippen LogP contribution in [-0.4, -0.2) is 54.9 Å². The molecule has 2 aromatic heterocycles. The van der Waals surface area contributed by atoms with Crippen molar-refractivity contribution in [3.05, 3.63) is 53.7 Å². The minimum Gasteiger partial charge on any atom is -0.327 e. The number of aromatic amines is 1. The summed E-state index contributed by atoms with van der Waals surface area (Å²) in [6, 6.07) is 11.9. The first-order chi connectivity index (χ1) is 13.6. The van der Waals surface area contributed by atoms with Gasteiger partial charge in [0.2, 0.25) is 11.7 Å². The Morgan fingerprint density at radius 2 is 2.00 bits per heavy atom. The molecular weight excluding hydrogens is 358 g/mol. The molecule has 1 aromatic carbocycles.